The number of aromatic nitrogens is 2. The van der Waals surface area contributed by atoms with Gasteiger partial charge in [0.1, 0.15) is 0 Å². The zero-order chi connectivity index (χ0) is 12.4. The van der Waals surface area contributed by atoms with Crippen LogP contribution in [0.25, 0.3) is 0 Å². The molecule has 0 spiro atoms. The molecule has 0 radical (unpaired) electrons. The van der Waals surface area contributed by atoms with Gasteiger partial charge in [-0.2, -0.15) is 10.4 Å². The first-order valence-corrected chi connectivity index (χ1v) is 5.82. The minimum absolute atomic E-state index is 0.00731. The minimum atomic E-state index is -0.122. The van der Waals surface area contributed by atoms with Crippen LogP contribution in [0.2, 0.25) is 0 Å². The number of hydrogen-bond donors (Lipinski definition) is 1. The van der Waals surface area contributed by atoms with Crippen LogP contribution in [0.15, 0.2) is 6.20 Å². The topological polar surface area (TPSA) is 70.7 Å². The normalized spacial score (nSPS) is 23.4. The summed E-state index contributed by atoms with van der Waals surface area (Å²) < 4.78 is 1.67. The zero-order valence-corrected chi connectivity index (χ0v) is 10.1. The molecule has 90 valence electrons. The fourth-order valence-electron chi connectivity index (χ4n) is 2.26. The molecule has 1 aromatic heterocycles. The quantitative estimate of drug-likeness (QED) is 0.831. The first kappa shape index (κ1) is 11.6. The number of nitrogens with one attached hydrogen (secondary N) is 1. The lowest BCUT2D eigenvalue weighted by Gasteiger charge is -2.15. The Morgan fingerprint density at radius 1 is 1.65 bits per heavy atom. The van der Waals surface area contributed by atoms with Gasteiger partial charge < -0.3 is 5.32 Å². The molecule has 2 atom stereocenters. The summed E-state index contributed by atoms with van der Waals surface area (Å²) in [5, 5.41) is 15.9. The lowest BCUT2D eigenvalue weighted by Crippen LogP contribution is -2.37. The van der Waals surface area contributed by atoms with Gasteiger partial charge in [-0.1, -0.05) is 0 Å². The molecule has 2 unspecified atom stereocenters. The SMILES string of the molecule is Cc1c(C(=O)NC2CCCC2C#N)cnn1C. The van der Waals surface area contributed by atoms with Crippen molar-refractivity contribution >= 4 is 5.91 Å². The van der Waals surface area contributed by atoms with E-state index in [0.29, 0.717) is 5.56 Å². The van der Waals surface area contributed by atoms with E-state index in [1.807, 2.05) is 6.92 Å². The van der Waals surface area contributed by atoms with Gasteiger partial charge >= 0.3 is 0 Å². The van der Waals surface area contributed by atoms with Crippen LogP contribution in [0.1, 0.15) is 35.3 Å². The van der Waals surface area contributed by atoms with Gasteiger partial charge in [-0.05, 0) is 26.2 Å². The Morgan fingerprint density at radius 2 is 2.41 bits per heavy atom. The molecule has 0 aromatic carbocycles. The number of aryl methyl sites for hydroxylation is 1. The van der Waals surface area contributed by atoms with Crippen LogP contribution in [0.3, 0.4) is 0 Å². The average Bonchev–Trinajstić information content (AvgIpc) is 2.87. The summed E-state index contributed by atoms with van der Waals surface area (Å²) in [6.07, 6.45) is 4.35. The second kappa shape index (κ2) is 4.58. The first-order valence-electron chi connectivity index (χ1n) is 5.82. The third-order valence-corrected chi connectivity index (χ3v) is 3.48. The van der Waals surface area contributed by atoms with E-state index in [-0.39, 0.29) is 17.9 Å². The Kier molecular flexibility index (Phi) is 3.14. The third kappa shape index (κ3) is 2.16. The average molecular weight is 232 g/mol. The van der Waals surface area contributed by atoms with Gasteiger partial charge in [0.05, 0.1) is 23.7 Å². The molecule has 0 saturated heterocycles. The van der Waals surface area contributed by atoms with E-state index >= 15 is 0 Å². The standard InChI is InChI=1S/C12H16N4O/c1-8-10(7-14-16(8)2)12(17)15-11-5-3-4-9(11)6-13/h7,9,11H,3-5H2,1-2H3,(H,15,17). The second-order valence-electron chi connectivity index (χ2n) is 4.51. The Morgan fingerprint density at radius 3 is 3.00 bits per heavy atom. The maximum Gasteiger partial charge on any atom is 0.255 e. The van der Waals surface area contributed by atoms with Crippen molar-refractivity contribution in [2.75, 3.05) is 0 Å². The van der Waals surface area contributed by atoms with Gasteiger partial charge in [0.2, 0.25) is 0 Å². The number of amides is 1. The van der Waals surface area contributed by atoms with E-state index in [0.717, 1.165) is 25.0 Å². The predicted molar refractivity (Wildman–Crippen MR) is 62.2 cm³/mol. The summed E-state index contributed by atoms with van der Waals surface area (Å²) in [6.45, 7) is 1.86. The molecule has 1 aliphatic carbocycles. The largest absolute Gasteiger partial charge is 0.348 e. The number of carbonyl (C=O) groups is 1. The summed E-state index contributed by atoms with van der Waals surface area (Å²) in [5.74, 6) is -0.168. The van der Waals surface area contributed by atoms with Crippen molar-refractivity contribution in [3.05, 3.63) is 17.5 Å². The predicted octanol–water partition coefficient (Wildman–Crippen LogP) is 1.15. The fourth-order valence-corrected chi connectivity index (χ4v) is 2.26. The van der Waals surface area contributed by atoms with Crippen molar-refractivity contribution in [2.45, 2.75) is 32.2 Å². The molecule has 1 aliphatic rings. The summed E-state index contributed by atoms with van der Waals surface area (Å²) in [4.78, 5) is 12.0. The molecule has 2 rings (SSSR count). The highest BCUT2D eigenvalue weighted by molar-refractivity contribution is 5.95. The molecule has 17 heavy (non-hydrogen) atoms. The van der Waals surface area contributed by atoms with Crippen LogP contribution in [0, 0.1) is 24.2 Å². The van der Waals surface area contributed by atoms with E-state index in [9.17, 15) is 4.79 Å². The van der Waals surface area contributed by atoms with Crippen LogP contribution in [0.4, 0.5) is 0 Å². The van der Waals surface area contributed by atoms with Crippen LogP contribution >= 0.6 is 0 Å². The highest BCUT2D eigenvalue weighted by atomic mass is 16.1. The smallest absolute Gasteiger partial charge is 0.255 e. The molecule has 5 heteroatoms. The summed E-state index contributed by atoms with van der Waals surface area (Å²) in [5.41, 5.74) is 1.44. The molecule has 0 bridgehead atoms. The second-order valence-corrected chi connectivity index (χ2v) is 4.51. The van der Waals surface area contributed by atoms with Crippen molar-refractivity contribution in [2.24, 2.45) is 13.0 Å². The van der Waals surface area contributed by atoms with E-state index < -0.39 is 0 Å². The summed E-state index contributed by atoms with van der Waals surface area (Å²) in [7, 11) is 1.81. The highest BCUT2D eigenvalue weighted by Crippen LogP contribution is 2.25. The molecule has 0 aliphatic heterocycles. The van der Waals surface area contributed by atoms with Gasteiger partial charge in [-0.15, -0.1) is 0 Å². The number of rotatable bonds is 2. The van der Waals surface area contributed by atoms with Gasteiger partial charge in [-0.3, -0.25) is 9.48 Å². The van der Waals surface area contributed by atoms with Crippen LogP contribution in [-0.4, -0.2) is 21.7 Å². The maximum absolute atomic E-state index is 12.0. The van der Waals surface area contributed by atoms with Gasteiger partial charge in [0, 0.05) is 18.8 Å². The molecule has 1 amide bonds. The van der Waals surface area contributed by atoms with E-state index in [1.165, 1.54) is 0 Å². The molecule has 5 nitrogen and oxygen atoms in total. The van der Waals surface area contributed by atoms with Crippen molar-refractivity contribution in [1.82, 2.24) is 15.1 Å². The lowest BCUT2D eigenvalue weighted by atomic mass is 10.1. The van der Waals surface area contributed by atoms with Gasteiger partial charge in [-0.25, -0.2) is 0 Å². The fraction of sp³-hybridized carbons (Fsp3) is 0.583. The zero-order valence-electron chi connectivity index (χ0n) is 10.1. The Labute approximate surface area is 100 Å². The molecular formula is C12H16N4O. The third-order valence-electron chi connectivity index (χ3n) is 3.48. The van der Waals surface area contributed by atoms with Crippen molar-refractivity contribution in [3.8, 4) is 6.07 Å². The minimum Gasteiger partial charge on any atom is -0.348 e. The Hall–Kier alpha value is -1.83. The molecule has 1 heterocycles. The lowest BCUT2D eigenvalue weighted by molar-refractivity contribution is 0.0932. The molecular weight excluding hydrogens is 216 g/mol. The Balaban J connectivity index is 2.07. The van der Waals surface area contributed by atoms with Crippen LogP contribution in [0.5, 0.6) is 0 Å². The van der Waals surface area contributed by atoms with E-state index in [2.05, 4.69) is 16.5 Å². The van der Waals surface area contributed by atoms with E-state index in [1.54, 1.807) is 17.9 Å². The number of nitriles is 1. The van der Waals surface area contributed by atoms with E-state index in [4.69, 9.17) is 5.26 Å². The monoisotopic (exact) mass is 232 g/mol. The van der Waals surface area contributed by atoms with Crippen molar-refractivity contribution in [3.63, 3.8) is 0 Å². The van der Waals surface area contributed by atoms with Crippen molar-refractivity contribution in [1.29, 1.82) is 5.26 Å². The molecule has 1 fully saturated rings. The van der Waals surface area contributed by atoms with Gasteiger partial charge in [0.25, 0.3) is 5.91 Å². The number of nitrogens with zero attached hydrogens (tertiary/aromatic N) is 3. The van der Waals surface area contributed by atoms with Crippen LogP contribution in [-0.2, 0) is 7.05 Å². The maximum atomic E-state index is 12.0. The number of carbonyl (C=O) groups excluding carboxylic acids is 1. The summed E-state index contributed by atoms with van der Waals surface area (Å²) >= 11 is 0. The van der Waals surface area contributed by atoms with Crippen LogP contribution < -0.4 is 5.32 Å². The molecule has 1 saturated carbocycles. The van der Waals surface area contributed by atoms with Crippen molar-refractivity contribution < 1.29 is 4.79 Å². The first-order chi connectivity index (χ1) is 8.13. The number of hydrogen-bond acceptors (Lipinski definition) is 3. The summed E-state index contributed by atoms with van der Waals surface area (Å²) in [6, 6.07) is 2.25. The molecule has 1 aromatic rings. The molecule has 1 N–H and O–H groups in total. The highest BCUT2D eigenvalue weighted by Gasteiger charge is 2.29. The van der Waals surface area contributed by atoms with Gasteiger partial charge in [0.15, 0.2) is 0 Å². The Bertz CT molecular complexity index is 471.